The third-order valence-electron chi connectivity index (χ3n) is 8.45. The van der Waals surface area contributed by atoms with E-state index in [0.29, 0.717) is 6.42 Å². The maximum Gasteiger partial charge on any atom is 0.474 e. The maximum absolute atomic E-state index is 12.5. The van der Waals surface area contributed by atoms with Crippen molar-refractivity contribution in [2.45, 2.75) is 171 Å². The van der Waals surface area contributed by atoms with Crippen molar-refractivity contribution in [2.75, 3.05) is 19.8 Å². The summed E-state index contributed by atoms with van der Waals surface area (Å²) in [4.78, 5) is 10.1. The van der Waals surface area contributed by atoms with Crippen LogP contribution in [0.3, 0.4) is 0 Å². The van der Waals surface area contributed by atoms with Gasteiger partial charge in [0, 0.05) is 0 Å². The van der Waals surface area contributed by atoms with Gasteiger partial charge in [0.25, 0.3) is 0 Å². The number of unbranched alkanes of at least 4 members (excludes halogenated alkanes) is 15. The minimum atomic E-state index is -4.72. The van der Waals surface area contributed by atoms with Crippen LogP contribution >= 0.6 is 7.82 Å². The van der Waals surface area contributed by atoms with Gasteiger partial charge in [-0.1, -0.05) is 103 Å². The summed E-state index contributed by atoms with van der Waals surface area (Å²) in [7, 11) is -4.72. The first-order valence-corrected chi connectivity index (χ1v) is 18.3. The Morgan fingerprint density at radius 1 is 0.578 bits per heavy atom. The second kappa shape index (κ2) is 22.4. The molecule has 45 heavy (non-hydrogen) atoms. The highest BCUT2D eigenvalue weighted by Gasteiger charge is 2.51. The minimum Gasteiger partial charge on any atom is -0.394 e. The lowest BCUT2D eigenvalue weighted by Gasteiger charge is -2.45. The highest BCUT2D eigenvalue weighted by molar-refractivity contribution is 7.47. The average Bonchev–Trinajstić information content (AvgIpc) is 3.02. The molecule has 0 aromatic rings. The minimum absolute atomic E-state index is 0.0656. The van der Waals surface area contributed by atoms with Gasteiger partial charge in [-0.15, -0.1) is 0 Å². The molecule has 0 aliphatic carbocycles. The van der Waals surface area contributed by atoms with Crippen molar-refractivity contribution in [3.8, 4) is 0 Å². The third kappa shape index (κ3) is 14.4. The van der Waals surface area contributed by atoms with Gasteiger partial charge >= 0.3 is 7.82 Å². The van der Waals surface area contributed by atoms with Crippen LogP contribution in [0, 0.1) is 0 Å². The van der Waals surface area contributed by atoms with Crippen LogP contribution in [-0.4, -0.2) is 122 Å². The second-order valence-corrected chi connectivity index (χ2v) is 13.6. The van der Waals surface area contributed by atoms with Gasteiger partial charge in [-0.25, -0.2) is 4.57 Å². The molecule has 0 bridgehead atoms. The van der Waals surface area contributed by atoms with Crippen LogP contribution in [0.2, 0.25) is 0 Å². The van der Waals surface area contributed by atoms with Crippen LogP contribution in [0.4, 0.5) is 0 Å². The van der Waals surface area contributed by atoms with E-state index in [1.165, 1.54) is 70.6 Å². The topological polar surface area (TPSA) is 225 Å². The Morgan fingerprint density at radius 2 is 1.02 bits per heavy atom. The molecule has 0 aromatic heterocycles. The Kier molecular flexibility index (Phi) is 20.3. The molecule has 2 heterocycles. The molecule has 11 atom stereocenters. The van der Waals surface area contributed by atoms with Crippen LogP contribution in [0.1, 0.15) is 110 Å². The molecule has 2 aliphatic rings. The first kappa shape index (κ1) is 40.9. The van der Waals surface area contributed by atoms with Crippen molar-refractivity contribution >= 4 is 7.82 Å². The van der Waals surface area contributed by atoms with Crippen molar-refractivity contribution < 1.29 is 68.5 Å². The summed E-state index contributed by atoms with van der Waals surface area (Å²) in [5.41, 5.74) is 0. The monoisotopic (exact) mass is 674 g/mol. The molecular weight excluding hydrogens is 615 g/mol. The average molecular weight is 675 g/mol. The second-order valence-electron chi connectivity index (χ2n) is 12.2. The van der Waals surface area contributed by atoms with Gasteiger partial charge in [0.05, 0.1) is 19.8 Å². The largest absolute Gasteiger partial charge is 0.474 e. The van der Waals surface area contributed by atoms with E-state index in [9.17, 15) is 45.2 Å². The molecule has 0 spiro atoms. The Hall–Kier alpha value is -0.290. The Morgan fingerprint density at radius 3 is 1.51 bits per heavy atom. The number of hydrogen-bond acceptors (Lipinski definition) is 13. The van der Waals surface area contributed by atoms with Crippen molar-refractivity contribution in [2.24, 2.45) is 0 Å². The molecule has 2 rings (SSSR count). The Labute approximate surface area is 267 Å². The van der Waals surface area contributed by atoms with E-state index in [2.05, 4.69) is 6.92 Å². The zero-order valence-corrected chi connectivity index (χ0v) is 27.6. The zero-order valence-electron chi connectivity index (χ0n) is 26.7. The molecule has 15 heteroatoms. The molecule has 8 N–H and O–H groups in total. The summed E-state index contributed by atoms with van der Waals surface area (Å²) in [6.45, 7) is 0.648. The van der Waals surface area contributed by atoms with Crippen LogP contribution < -0.4 is 0 Å². The van der Waals surface area contributed by atoms with E-state index in [-0.39, 0.29) is 6.61 Å². The highest BCUT2D eigenvalue weighted by atomic mass is 31.2. The Balaban J connectivity index is 1.62. The van der Waals surface area contributed by atoms with Crippen molar-refractivity contribution in [1.82, 2.24) is 0 Å². The smallest absolute Gasteiger partial charge is 0.394 e. The fraction of sp³-hybridized carbons (Fsp3) is 1.00. The van der Waals surface area contributed by atoms with Gasteiger partial charge in [0.1, 0.15) is 48.8 Å². The SMILES string of the molecule is CCCCCCCCCCCCCCCCCCOP(=O)(O)O[C@H]1O[C@H](CO)[C@@H](O[C@@H]2O[C@H](CO)[C@H](O)[C@H](O)[C@H]2O)[C@H](O)[C@@H]1O. The van der Waals surface area contributed by atoms with Gasteiger partial charge in [0.2, 0.25) is 0 Å². The molecule has 2 aliphatic heterocycles. The molecular formula is C30H59O14P. The zero-order chi connectivity index (χ0) is 33.2. The number of ether oxygens (including phenoxy) is 3. The van der Waals surface area contributed by atoms with Gasteiger partial charge < -0.3 is 54.8 Å². The summed E-state index contributed by atoms with van der Waals surface area (Å²) in [5.74, 6) is 0. The number of phosphoric acid groups is 1. The molecule has 0 radical (unpaired) electrons. The van der Waals surface area contributed by atoms with Crippen LogP contribution in [0.25, 0.3) is 0 Å². The molecule has 268 valence electrons. The molecule has 0 aromatic carbocycles. The van der Waals surface area contributed by atoms with Crippen molar-refractivity contribution in [3.05, 3.63) is 0 Å². The van der Waals surface area contributed by atoms with Gasteiger partial charge in [-0.05, 0) is 6.42 Å². The van der Waals surface area contributed by atoms with E-state index in [1.807, 2.05) is 0 Å². The predicted molar refractivity (Wildman–Crippen MR) is 163 cm³/mol. The normalized spacial score (nSPS) is 33.7. The maximum atomic E-state index is 12.5. The lowest BCUT2D eigenvalue weighted by atomic mass is 9.97. The number of aliphatic hydroxyl groups excluding tert-OH is 7. The summed E-state index contributed by atoms with van der Waals surface area (Å²) >= 11 is 0. The number of aliphatic hydroxyl groups is 7. The standard InChI is InChI=1S/C30H59O14P/c1-2-3-4-5-6-7-8-9-10-11-12-13-14-15-16-17-18-40-45(38,39)44-30-27(37)25(35)28(22(20-32)42-30)43-29-26(36)24(34)23(33)21(19-31)41-29/h21-37H,2-20H2,1H3,(H,38,39)/t21-,22-,23+,24+,25-,26-,27+,28-,29+,30-/m1/s1. The van der Waals surface area contributed by atoms with E-state index in [0.717, 1.165) is 25.7 Å². The van der Waals surface area contributed by atoms with E-state index < -0.39 is 82.4 Å². The Bertz CT molecular complexity index is 805. The van der Waals surface area contributed by atoms with Gasteiger partial charge in [-0.2, -0.15) is 0 Å². The summed E-state index contributed by atoms with van der Waals surface area (Å²) < 4.78 is 38.5. The van der Waals surface area contributed by atoms with E-state index in [4.69, 9.17) is 23.3 Å². The molecule has 0 amide bonds. The van der Waals surface area contributed by atoms with E-state index in [1.54, 1.807) is 0 Å². The van der Waals surface area contributed by atoms with Gasteiger partial charge in [-0.3, -0.25) is 9.05 Å². The van der Waals surface area contributed by atoms with Crippen LogP contribution in [0.15, 0.2) is 0 Å². The number of phosphoric ester groups is 1. The van der Waals surface area contributed by atoms with Crippen molar-refractivity contribution in [1.29, 1.82) is 0 Å². The molecule has 2 saturated heterocycles. The number of hydrogen-bond donors (Lipinski definition) is 8. The quantitative estimate of drug-likeness (QED) is 0.0542. The lowest BCUT2D eigenvalue weighted by molar-refractivity contribution is -0.353. The highest BCUT2D eigenvalue weighted by Crippen LogP contribution is 2.47. The summed E-state index contributed by atoms with van der Waals surface area (Å²) in [6, 6.07) is 0. The van der Waals surface area contributed by atoms with Gasteiger partial charge in [0.15, 0.2) is 12.6 Å². The first-order valence-electron chi connectivity index (χ1n) is 16.8. The molecule has 14 nitrogen and oxygen atoms in total. The fourth-order valence-corrected chi connectivity index (χ4v) is 6.49. The lowest BCUT2D eigenvalue weighted by Crippen LogP contribution is -2.64. The third-order valence-corrected chi connectivity index (χ3v) is 9.43. The van der Waals surface area contributed by atoms with Crippen LogP contribution in [0.5, 0.6) is 0 Å². The predicted octanol–water partition coefficient (Wildman–Crippen LogP) is 2.01. The molecule has 0 saturated carbocycles. The summed E-state index contributed by atoms with van der Waals surface area (Å²) in [6.07, 6.45) is 2.17. The summed E-state index contributed by atoms with van der Waals surface area (Å²) in [5, 5.41) is 70.4. The molecule has 2 fully saturated rings. The van der Waals surface area contributed by atoms with E-state index >= 15 is 0 Å². The van der Waals surface area contributed by atoms with Crippen LogP contribution in [-0.2, 0) is 27.8 Å². The molecule has 1 unspecified atom stereocenters. The fourth-order valence-electron chi connectivity index (χ4n) is 5.63. The first-order chi connectivity index (χ1) is 21.6. The number of rotatable bonds is 24. The van der Waals surface area contributed by atoms with Crippen molar-refractivity contribution in [3.63, 3.8) is 0 Å².